The first kappa shape index (κ1) is 16.6. The van der Waals surface area contributed by atoms with Gasteiger partial charge in [0.25, 0.3) is 0 Å². The van der Waals surface area contributed by atoms with Crippen LogP contribution in [0.4, 0.5) is 0 Å². The van der Waals surface area contributed by atoms with E-state index >= 15 is 0 Å². The van der Waals surface area contributed by atoms with Gasteiger partial charge >= 0.3 is 0 Å². The molecular weight excluding hydrogens is 336 g/mol. The number of fused-ring (bicyclic) bond motifs is 3. The van der Waals surface area contributed by atoms with E-state index in [-0.39, 0.29) is 0 Å². The van der Waals surface area contributed by atoms with E-state index in [2.05, 4.69) is 34.2 Å². The van der Waals surface area contributed by atoms with Crippen LogP contribution in [0.25, 0.3) is 21.8 Å². The average molecular weight is 350 g/mol. The van der Waals surface area contributed by atoms with Crippen molar-refractivity contribution in [2.45, 2.75) is 22.6 Å². The Hall–Kier alpha value is -2.28. The molecule has 0 fully saturated rings. The third kappa shape index (κ3) is 3.31. The Bertz CT molecular complexity index is 878. The van der Waals surface area contributed by atoms with Crippen LogP contribution in [0.3, 0.4) is 0 Å². The zero-order valence-corrected chi connectivity index (χ0v) is 14.5. The van der Waals surface area contributed by atoms with Crippen molar-refractivity contribution in [3.63, 3.8) is 0 Å². The Morgan fingerprint density at radius 3 is 1.67 bits per heavy atom. The number of pyridine rings is 2. The number of benzene rings is 1. The van der Waals surface area contributed by atoms with Crippen molar-refractivity contribution in [2.75, 3.05) is 11.5 Å². The maximum absolute atomic E-state index is 8.85. The van der Waals surface area contributed by atoms with Gasteiger partial charge in [0.1, 0.15) is 0 Å². The van der Waals surface area contributed by atoms with Gasteiger partial charge in [-0.2, -0.15) is 10.5 Å². The number of rotatable bonds is 6. The second-order valence-corrected chi connectivity index (χ2v) is 7.18. The Labute approximate surface area is 148 Å². The van der Waals surface area contributed by atoms with E-state index in [1.807, 2.05) is 12.1 Å². The van der Waals surface area contributed by atoms with Crippen LogP contribution in [0.15, 0.2) is 46.5 Å². The molecule has 3 aromatic rings. The lowest BCUT2D eigenvalue weighted by Gasteiger charge is -2.15. The van der Waals surface area contributed by atoms with Crippen molar-refractivity contribution in [3.8, 4) is 12.1 Å². The number of thioether (sulfide) groups is 2. The molecule has 4 nitrogen and oxygen atoms in total. The van der Waals surface area contributed by atoms with Crippen LogP contribution in [0, 0.1) is 22.7 Å². The van der Waals surface area contributed by atoms with E-state index in [0.29, 0.717) is 12.8 Å². The molecular formula is C18H14N4S2. The second-order valence-electron chi connectivity index (χ2n) is 4.97. The maximum Gasteiger partial charge on any atom is 0.0976 e. The fourth-order valence-corrected chi connectivity index (χ4v) is 4.75. The van der Waals surface area contributed by atoms with E-state index in [1.165, 1.54) is 0 Å². The molecule has 0 N–H and O–H groups in total. The molecule has 6 heteroatoms. The first-order valence-corrected chi connectivity index (χ1v) is 9.49. The molecule has 1 aromatic carbocycles. The van der Waals surface area contributed by atoms with Crippen LogP contribution in [-0.2, 0) is 0 Å². The minimum Gasteiger partial charge on any atom is -0.254 e. The van der Waals surface area contributed by atoms with E-state index in [9.17, 15) is 0 Å². The first-order chi connectivity index (χ1) is 11.9. The lowest BCUT2D eigenvalue weighted by molar-refractivity contribution is 1.21. The van der Waals surface area contributed by atoms with E-state index < -0.39 is 0 Å². The third-order valence-electron chi connectivity index (χ3n) is 3.46. The third-order valence-corrected chi connectivity index (χ3v) is 5.83. The van der Waals surface area contributed by atoms with Gasteiger partial charge in [-0.1, -0.05) is 12.1 Å². The summed E-state index contributed by atoms with van der Waals surface area (Å²) in [4.78, 5) is 11.3. The molecule has 0 amide bonds. The molecule has 0 bridgehead atoms. The summed E-state index contributed by atoms with van der Waals surface area (Å²) >= 11 is 3.36. The Kier molecular flexibility index (Phi) is 5.53. The molecule has 118 valence electrons. The number of nitriles is 2. The van der Waals surface area contributed by atoms with Crippen LogP contribution in [0.2, 0.25) is 0 Å². The van der Waals surface area contributed by atoms with Gasteiger partial charge in [-0.25, -0.2) is 0 Å². The lowest BCUT2D eigenvalue weighted by atomic mass is 10.1. The van der Waals surface area contributed by atoms with Gasteiger partial charge in [0.05, 0.1) is 23.2 Å². The summed E-state index contributed by atoms with van der Waals surface area (Å²) in [6.07, 6.45) is 4.56. The van der Waals surface area contributed by atoms with Gasteiger partial charge in [-0.15, -0.1) is 23.5 Å². The highest BCUT2D eigenvalue weighted by molar-refractivity contribution is 8.02. The van der Waals surface area contributed by atoms with E-state index in [0.717, 1.165) is 43.1 Å². The fraction of sp³-hybridized carbons (Fsp3) is 0.222. The summed E-state index contributed by atoms with van der Waals surface area (Å²) in [5.41, 5.74) is 1.77. The second kappa shape index (κ2) is 8.01. The van der Waals surface area contributed by atoms with Crippen molar-refractivity contribution in [1.82, 2.24) is 9.97 Å². The molecule has 0 aliphatic rings. The van der Waals surface area contributed by atoms with Crippen LogP contribution in [0.5, 0.6) is 0 Å². The summed E-state index contributed by atoms with van der Waals surface area (Å²) in [6, 6.07) is 12.4. The molecule has 0 aliphatic carbocycles. The monoisotopic (exact) mass is 350 g/mol. The zero-order valence-electron chi connectivity index (χ0n) is 12.9. The summed E-state index contributed by atoms with van der Waals surface area (Å²) in [5, 5.41) is 19.8. The predicted molar refractivity (Wildman–Crippen MR) is 99.0 cm³/mol. The van der Waals surface area contributed by atoms with E-state index in [4.69, 9.17) is 10.5 Å². The van der Waals surface area contributed by atoms with Gasteiger partial charge < -0.3 is 0 Å². The molecule has 24 heavy (non-hydrogen) atoms. The molecule has 0 atom stereocenters. The zero-order chi connectivity index (χ0) is 16.8. The normalized spacial score (nSPS) is 10.6. The van der Waals surface area contributed by atoms with Gasteiger partial charge in [0.2, 0.25) is 0 Å². The molecule has 3 rings (SSSR count). The Morgan fingerprint density at radius 1 is 0.792 bits per heavy atom. The van der Waals surface area contributed by atoms with Crippen molar-refractivity contribution in [2.24, 2.45) is 0 Å². The lowest BCUT2D eigenvalue weighted by Crippen LogP contribution is -1.93. The van der Waals surface area contributed by atoms with Gasteiger partial charge in [0.15, 0.2) is 0 Å². The first-order valence-electron chi connectivity index (χ1n) is 7.51. The average Bonchev–Trinajstić information content (AvgIpc) is 2.63. The number of hydrogen-bond acceptors (Lipinski definition) is 6. The van der Waals surface area contributed by atoms with Crippen LogP contribution >= 0.6 is 23.5 Å². The summed E-state index contributed by atoms with van der Waals surface area (Å²) in [7, 11) is 0. The van der Waals surface area contributed by atoms with Gasteiger partial charge in [-0.05, 0) is 12.1 Å². The molecule has 0 aliphatic heterocycles. The Morgan fingerprint density at radius 2 is 1.25 bits per heavy atom. The van der Waals surface area contributed by atoms with Crippen molar-refractivity contribution in [3.05, 3.63) is 36.7 Å². The number of hydrogen-bond donors (Lipinski definition) is 0. The van der Waals surface area contributed by atoms with Crippen LogP contribution in [-0.4, -0.2) is 21.5 Å². The molecule has 2 aromatic heterocycles. The largest absolute Gasteiger partial charge is 0.254 e. The van der Waals surface area contributed by atoms with Crippen molar-refractivity contribution in [1.29, 1.82) is 10.5 Å². The fourth-order valence-electron chi connectivity index (χ4n) is 2.48. The van der Waals surface area contributed by atoms with E-state index in [1.54, 1.807) is 35.9 Å². The van der Waals surface area contributed by atoms with Crippen molar-refractivity contribution >= 4 is 45.3 Å². The molecule has 0 spiro atoms. The predicted octanol–water partition coefficient (Wildman–Crippen LogP) is 4.79. The highest BCUT2D eigenvalue weighted by Gasteiger charge is 2.16. The number of nitrogens with zero attached hydrogens (tertiary/aromatic N) is 4. The SMILES string of the molecule is N#CCCSc1c(SCCC#N)c2cccnc2c2ncccc12. The van der Waals surface area contributed by atoms with Gasteiger partial charge in [-0.3, -0.25) is 9.97 Å². The maximum atomic E-state index is 8.85. The number of aromatic nitrogens is 2. The Balaban J connectivity index is 2.22. The highest BCUT2D eigenvalue weighted by atomic mass is 32.2. The van der Waals surface area contributed by atoms with Crippen LogP contribution in [0.1, 0.15) is 12.8 Å². The smallest absolute Gasteiger partial charge is 0.0976 e. The van der Waals surface area contributed by atoms with Gasteiger partial charge in [0, 0.05) is 57.3 Å². The summed E-state index contributed by atoms with van der Waals surface area (Å²) in [5.74, 6) is 1.47. The topological polar surface area (TPSA) is 73.4 Å². The molecule has 2 heterocycles. The summed E-state index contributed by atoms with van der Waals surface area (Å²) < 4.78 is 0. The minimum atomic E-state index is 0.500. The van der Waals surface area contributed by atoms with Crippen molar-refractivity contribution < 1.29 is 0 Å². The molecule has 0 unspecified atom stereocenters. The quantitative estimate of drug-likeness (QED) is 0.361. The minimum absolute atomic E-state index is 0.500. The van der Waals surface area contributed by atoms with Crippen LogP contribution < -0.4 is 0 Å². The molecule has 0 saturated carbocycles. The molecule has 0 saturated heterocycles. The standard InChI is InChI=1S/C18H14N4S2/c19-7-3-11-23-17-13-5-1-9-21-15(13)16-14(6-2-10-22-16)18(17)24-12-4-8-20/h1-2,5-6,9-10H,3-4,11-12H2. The summed E-state index contributed by atoms with van der Waals surface area (Å²) in [6.45, 7) is 0. The highest BCUT2D eigenvalue weighted by Crippen LogP contribution is 2.42. The molecule has 0 radical (unpaired) electrons.